The third-order valence-electron chi connectivity index (χ3n) is 12.5. The fourth-order valence-corrected chi connectivity index (χ4v) is 10.5. The Morgan fingerprint density at radius 3 is 1.43 bits per heavy atom. The molecule has 2 aromatic carbocycles. The van der Waals surface area contributed by atoms with Gasteiger partial charge in [0.25, 0.3) is 0 Å². The van der Waals surface area contributed by atoms with Crippen molar-refractivity contribution in [1.29, 1.82) is 0 Å². The average Bonchev–Trinajstić information content (AvgIpc) is 3.96. The van der Waals surface area contributed by atoms with E-state index >= 15 is 0 Å². The number of carbonyl (C=O) groups is 2. The van der Waals surface area contributed by atoms with E-state index < -0.39 is 37.4 Å². The summed E-state index contributed by atoms with van der Waals surface area (Å²) in [5.74, 6) is -0.0658. The molecule has 0 spiro atoms. The van der Waals surface area contributed by atoms with Crippen LogP contribution in [-0.4, -0.2) is 88.5 Å². The fourth-order valence-electron chi connectivity index (χ4n) is 8.47. The zero-order valence-electron chi connectivity index (χ0n) is 34.9. The fraction of sp³-hybridized carbons (Fsp3) is 0.667. The maximum absolute atomic E-state index is 12.6. The van der Waals surface area contributed by atoms with Crippen molar-refractivity contribution in [2.45, 2.75) is 155 Å². The molecule has 0 aliphatic heterocycles. The van der Waals surface area contributed by atoms with Crippen LogP contribution >= 0.6 is 0 Å². The molecule has 0 bridgehead atoms. The lowest BCUT2D eigenvalue weighted by molar-refractivity contribution is 0.204. The Morgan fingerprint density at radius 2 is 1.04 bits per heavy atom. The number of hydrogen-bond acceptors (Lipinski definition) is 8. The smallest absolute Gasteiger partial charge is 0.307 e. The lowest BCUT2D eigenvalue weighted by atomic mass is 9.99. The first-order valence-corrected chi connectivity index (χ1v) is 24.0. The van der Waals surface area contributed by atoms with Gasteiger partial charge in [0.1, 0.15) is 0 Å². The monoisotopic (exact) mass is 823 g/mol. The van der Waals surface area contributed by atoms with Crippen LogP contribution in [0.15, 0.2) is 12.1 Å². The van der Waals surface area contributed by atoms with Crippen molar-refractivity contribution in [2.24, 2.45) is 0 Å². The van der Waals surface area contributed by atoms with E-state index in [1.165, 1.54) is 44.5 Å². The molecule has 0 saturated carbocycles. The number of amides is 4. The first kappa shape index (κ1) is 43.9. The standard InChI is InChI=1S/2C21H33N3O3S.4H2/c1-14(2)24(4)15(3)11-12-28(26,27)23-21(25)22-20-18-9-5-7-16(18)13-17-8-6-10-19(17)20;1-14(2)24(4)12-11-15(3)28(26,27)23-21(25)22-20-18-9-5-7-16(18)13-17-8-6-10-19(17)20;;;;/h2*13-15H,5-12H2,1-4H3,(H2,22,23,25);4*1H. The van der Waals surface area contributed by atoms with Gasteiger partial charge in [0, 0.05) is 35.2 Å². The molecule has 4 aliphatic carbocycles. The van der Waals surface area contributed by atoms with E-state index in [1.807, 2.05) is 21.0 Å². The number of nitrogens with zero attached hydrogens (tertiary/aromatic N) is 2. The number of sulfonamides is 2. The van der Waals surface area contributed by atoms with Crippen LogP contribution in [0.2, 0.25) is 0 Å². The van der Waals surface area contributed by atoms with Crippen LogP contribution in [0.4, 0.5) is 21.0 Å². The van der Waals surface area contributed by atoms with Gasteiger partial charge in [0.15, 0.2) is 0 Å². The summed E-state index contributed by atoms with van der Waals surface area (Å²) in [6.45, 7) is 12.6. The molecule has 0 heterocycles. The molecule has 0 saturated heterocycles. The number of anilines is 2. The highest BCUT2D eigenvalue weighted by atomic mass is 32.2. The van der Waals surface area contributed by atoms with Crippen LogP contribution in [0, 0.1) is 0 Å². The van der Waals surface area contributed by atoms with Gasteiger partial charge < -0.3 is 20.4 Å². The Labute approximate surface area is 342 Å². The normalized spacial score (nSPS) is 16.9. The molecule has 320 valence electrons. The Balaban J connectivity index is 0.000000562. The van der Waals surface area contributed by atoms with Crippen molar-refractivity contribution in [3.05, 3.63) is 56.6 Å². The quantitative estimate of drug-likeness (QED) is 0.153. The van der Waals surface area contributed by atoms with Crippen molar-refractivity contribution < 1.29 is 32.1 Å². The van der Waals surface area contributed by atoms with Gasteiger partial charge in [-0.1, -0.05) is 12.1 Å². The lowest BCUT2D eigenvalue weighted by Gasteiger charge is -2.28. The number of rotatable bonds is 14. The third-order valence-corrected chi connectivity index (χ3v) is 15.6. The number of fused-ring (bicyclic) bond motifs is 4. The van der Waals surface area contributed by atoms with Gasteiger partial charge >= 0.3 is 12.1 Å². The SMILES string of the molecule is CC(C)N(C)C(C)CCS(=O)(=O)NC(=O)Nc1c2c(cc3c1CCC3)CCC2.CC(C)N(C)CCC(C)S(=O)(=O)NC(=O)Nc1c2c(cc3c1CCC3)CCC2.[HH].[HH].[HH].[HH]. The Bertz CT molecular complexity index is 1940. The summed E-state index contributed by atoms with van der Waals surface area (Å²) in [5, 5.41) is 5.15. The maximum atomic E-state index is 12.6. The van der Waals surface area contributed by atoms with Crippen LogP contribution in [-0.2, 0) is 71.4 Å². The molecule has 12 nitrogen and oxygen atoms in total. The summed E-state index contributed by atoms with van der Waals surface area (Å²) in [6, 6.07) is 4.12. The highest BCUT2D eigenvalue weighted by molar-refractivity contribution is 7.90. The minimum absolute atomic E-state index is 0. The molecule has 2 atom stereocenters. The van der Waals surface area contributed by atoms with Crippen LogP contribution in [0.25, 0.3) is 0 Å². The molecule has 0 aromatic heterocycles. The number of aryl methyl sites for hydroxylation is 4. The molecule has 6 rings (SSSR count). The molecule has 56 heavy (non-hydrogen) atoms. The maximum Gasteiger partial charge on any atom is 0.332 e. The second-order valence-electron chi connectivity index (χ2n) is 17.0. The first-order valence-electron chi connectivity index (χ1n) is 20.8. The summed E-state index contributed by atoms with van der Waals surface area (Å²) >= 11 is 0. The lowest BCUT2D eigenvalue weighted by Crippen LogP contribution is -2.41. The average molecular weight is 823 g/mol. The van der Waals surface area contributed by atoms with Crippen molar-refractivity contribution in [3.8, 4) is 0 Å². The predicted octanol–water partition coefficient (Wildman–Crippen LogP) is 7.45. The van der Waals surface area contributed by atoms with Gasteiger partial charge in [-0.2, -0.15) is 0 Å². The number of nitrogens with one attached hydrogen (secondary N) is 4. The van der Waals surface area contributed by atoms with Crippen molar-refractivity contribution in [3.63, 3.8) is 0 Å². The van der Waals surface area contributed by atoms with Crippen LogP contribution in [0.1, 0.15) is 130 Å². The van der Waals surface area contributed by atoms with Crippen molar-refractivity contribution in [2.75, 3.05) is 37.0 Å². The molecule has 14 heteroatoms. The van der Waals surface area contributed by atoms with Gasteiger partial charge in [0.2, 0.25) is 20.0 Å². The Hall–Kier alpha value is -3.20. The second kappa shape index (κ2) is 18.6. The van der Waals surface area contributed by atoms with E-state index in [0.29, 0.717) is 31.5 Å². The molecule has 4 N–H and O–H groups in total. The number of hydrogen-bond donors (Lipinski definition) is 4. The van der Waals surface area contributed by atoms with Gasteiger partial charge in [-0.25, -0.2) is 35.9 Å². The molecule has 4 aliphatic rings. The number of urea groups is 2. The van der Waals surface area contributed by atoms with Crippen LogP contribution < -0.4 is 20.1 Å². The molecule has 4 amide bonds. The second-order valence-corrected chi connectivity index (χ2v) is 21.0. The number of benzene rings is 2. The molecular formula is C42H74N6O6S2. The number of carbonyl (C=O) groups excluding carboxylic acids is 2. The summed E-state index contributed by atoms with van der Waals surface area (Å²) in [6.07, 6.45) is 13.3. The Morgan fingerprint density at radius 1 is 0.625 bits per heavy atom. The van der Waals surface area contributed by atoms with Crippen molar-refractivity contribution in [1.82, 2.24) is 19.2 Å². The van der Waals surface area contributed by atoms with E-state index in [-0.39, 0.29) is 17.5 Å². The van der Waals surface area contributed by atoms with E-state index in [9.17, 15) is 26.4 Å². The zero-order chi connectivity index (χ0) is 40.9. The van der Waals surface area contributed by atoms with Gasteiger partial charge in [-0.15, -0.1) is 0 Å². The van der Waals surface area contributed by atoms with Crippen LogP contribution in [0.5, 0.6) is 0 Å². The Kier molecular flexibility index (Phi) is 14.6. The van der Waals surface area contributed by atoms with Gasteiger partial charge in [-0.3, -0.25) is 0 Å². The molecule has 0 radical (unpaired) electrons. The largest absolute Gasteiger partial charge is 0.332 e. The molecule has 0 fully saturated rings. The molecule has 2 aromatic rings. The predicted molar refractivity (Wildman–Crippen MR) is 235 cm³/mol. The van der Waals surface area contributed by atoms with Gasteiger partial charge in [-0.05, 0) is 197 Å². The minimum Gasteiger partial charge on any atom is -0.307 e. The third kappa shape index (κ3) is 10.8. The highest BCUT2D eigenvalue weighted by Crippen LogP contribution is 2.40. The summed E-state index contributed by atoms with van der Waals surface area (Å²) < 4.78 is 54.4. The van der Waals surface area contributed by atoms with E-state index in [0.717, 1.165) is 88.4 Å². The topological polar surface area (TPSA) is 157 Å². The summed E-state index contributed by atoms with van der Waals surface area (Å²) in [7, 11) is -3.43. The zero-order valence-corrected chi connectivity index (χ0v) is 36.6. The van der Waals surface area contributed by atoms with E-state index in [2.05, 4.69) is 69.7 Å². The summed E-state index contributed by atoms with van der Waals surface area (Å²) in [5.41, 5.74) is 11.7. The van der Waals surface area contributed by atoms with Crippen molar-refractivity contribution >= 4 is 43.5 Å². The first-order chi connectivity index (χ1) is 26.4. The van der Waals surface area contributed by atoms with E-state index in [4.69, 9.17) is 0 Å². The molecule has 2 unspecified atom stereocenters. The van der Waals surface area contributed by atoms with Crippen LogP contribution in [0.3, 0.4) is 0 Å². The van der Waals surface area contributed by atoms with E-state index in [1.54, 1.807) is 6.92 Å². The molecular weight excluding hydrogens is 749 g/mol. The minimum atomic E-state index is -3.72. The highest BCUT2D eigenvalue weighted by Gasteiger charge is 2.29. The van der Waals surface area contributed by atoms with Gasteiger partial charge in [0.05, 0.1) is 11.0 Å². The summed E-state index contributed by atoms with van der Waals surface area (Å²) in [4.78, 5) is 29.3.